The van der Waals surface area contributed by atoms with Crippen molar-refractivity contribution >= 4 is 40.6 Å². The van der Waals surface area contributed by atoms with Crippen molar-refractivity contribution in [2.75, 3.05) is 25.6 Å². The van der Waals surface area contributed by atoms with Gasteiger partial charge in [0.15, 0.2) is 0 Å². The van der Waals surface area contributed by atoms with Crippen LogP contribution in [0, 0.1) is 0 Å². The largest absolute Gasteiger partial charge is 0.385 e. The Hall–Kier alpha value is -1.89. The molecule has 0 atom stereocenters. The van der Waals surface area contributed by atoms with E-state index >= 15 is 0 Å². The zero-order valence-corrected chi connectivity index (χ0v) is 14.0. The molecule has 6 nitrogen and oxygen atoms in total. The Labute approximate surface area is 144 Å². The van der Waals surface area contributed by atoms with Crippen molar-refractivity contribution in [1.82, 2.24) is 15.3 Å². The fourth-order valence-corrected chi connectivity index (χ4v) is 2.30. The number of anilines is 2. The highest BCUT2D eigenvalue weighted by molar-refractivity contribution is 6.39. The second-order valence-corrected chi connectivity index (χ2v) is 5.43. The Kier molecular flexibility index (Phi) is 6.58. The molecule has 0 saturated carbocycles. The molecule has 2 N–H and O–H groups in total. The van der Waals surface area contributed by atoms with Crippen molar-refractivity contribution in [2.45, 2.75) is 6.42 Å². The Morgan fingerprint density at radius 1 is 1.26 bits per heavy atom. The van der Waals surface area contributed by atoms with Gasteiger partial charge >= 0.3 is 0 Å². The third-order valence-corrected chi connectivity index (χ3v) is 3.56. The number of ether oxygens (including phenoxy) is 1. The molecule has 122 valence electrons. The lowest BCUT2D eigenvalue weighted by molar-refractivity contribution is 0.0943. The van der Waals surface area contributed by atoms with Crippen LogP contribution in [0.2, 0.25) is 10.0 Å². The molecular formula is C15H16Cl2N4O2. The van der Waals surface area contributed by atoms with Crippen molar-refractivity contribution in [1.29, 1.82) is 0 Å². The maximum atomic E-state index is 12.0. The van der Waals surface area contributed by atoms with Gasteiger partial charge in [0.25, 0.3) is 5.91 Å². The highest BCUT2D eigenvalue weighted by Gasteiger charge is 2.10. The summed E-state index contributed by atoms with van der Waals surface area (Å²) in [5.41, 5.74) is 0.782. The molecule has 1 aromatic carbocycles. The molecule has 0 spiro atoms. The van der Waals surface area contributed by atoms with E-state index in [0.717, 1.165) is 6.42 Å². The number of carbonyl (C=O) groups is 1. The maximum Gasteiger partial charge on any atom is 0.270 e. The van der Waals surface area contributed by atoms with Crippen LogP contribution in [0.4, 0.5) is 11.5 Å². The summed E-state index contributed by atoms with van der Waals surface area (Å²) in [6.07, 6.45) is 2.03. The number of methoxy groups -OCH3 is 1. The number of hydrogen-bond acceptors (Lipinski definition) is 5. The Morgan fingerprint density at radius 2 is 2.00 bits per heavy atom. The first-order valence-electron chi connectivity index (χ1n) is 6.92. The van der Waals surface area contributed by atoms with Crippen molar-refractivity contribution in [3.63, 3.8) is 0 Å². The van der Waals surface area contributed by atoms with Gasteiger partial charge in [0.1, 0.15) is 17.8 Å². The molecule has 1 aromatic heterocycles. The van der Waals surface area contributed by atoms with Crippen LogP contribution in [0.1, 0.15) is 16.9 Å². The number of halogens is 2. The van der Waals surface area contributed by atoms with E-state index in [2.05, 4.69) is 20.6 Å². The predicted octanol–water partition coefficient (Wildman–Crippen LogP) is 3.29. The van der Waals surface area contributed by atoms with Gasteiger partial charge in [0.2, 0.25) is 0 Å². The molecule has 0 aliphatic heterocycles. The average Bonchev–Trinajstić information content (AvgIpc) is 2.55. The minimum atomic E-state index is -0.281. The lowest BCUT2D eigenvalue weighted by Crippen LogP contribution is -2.26. The highest BCUT2D eigenvalue weighted by Crippen LogP contribution is 2.31. The van der Waals surface area contributed by atoms with Crippen LogP contribution >= 0.6 is 23.2 Å². The topological polar surface area (TPSA) is 76.1 Å². The minimum Gasteiger partial charge on any atom is -0.385 e. The monoisotopic (exact) mass is 354 g/mol. The lowest BCUT2D eigenvalue weighted by atomic mass is 10.3. The van der Waals surface area contributed by atoms with Crippen molar-refractivity contribution in [3.8, 4) is 0 Å². The zero-order valence-electron chi connectivity index (χ0n) is 12.5. The van der Waals surface area contributed by atoms with Gasteiger partial charge in [-0.2, -0.15) is 0 Å². The molecule has 0 bridgehead atoms. The van der Waals surface area contributed by atoms with Crippen molar-refractivity contribution in [2.24, 2.45) is 0 Å². The van der Waals surface area contributed by atoms with Gasteiger partial charge in [-0.05, 0) is 18.6 Å². The zero-order chi connectivity index (χ0) is 16.7. The van der Waals surface area contributed by atoms with E-state index in [0.29, 0.717) is 34.7 Å². The Morgan fingerprint density at radius 3 is 2.70 bits per heavy atom. The molecule has 2 aromatic rings. The standard InChI is InChI=1S/C15H16Cl2N4O2/c1-23-7-3-6-18-15(22)12-8-13(20-9-19-12)21-14-10(16)4-2-5-11(14)17/h2,4-5,8-9H,3,6-7H2,1H3,(H,18,22)(H,19,20,21). The second-order valence-electron chi connectivity index (χ2n) is 4.61. The van der Waals surface area contributed by atoms with E-state index in [9.17, 15) is 4.79 Å². The molecular weight excluding hydrogens is 339 g/mol. The fraction of sp³-hybridized carbons (Fsp3) is 0.267. The summed E-state index contributed by atoms with van der Waals surface area (Å²) in [5.74, 6) is 0.147. The fourth-order valence-electron chi connectivity index (χ4n) is 1.80. The molecule has 0 saturated heterocycles. The number of nitrogens with one attached hydrogen (secondary N) is 2. The average molecular weight is 355 g/mol. The van der Waals surface area contributed by atoms with E-state index in [1.165, 1.54) is 12.4 Å². The summed E-state index contributed by atoms with van der Waals surface area (Å²) >= 11 is 12.2. The van der Waals surface area contributed by atoms with E-state index in [1.807, 2.05) is 0 Å². The second kappa shape index (κ2) is 8.67. The van der Waals surface area contributed by atoms with E-state index in [-0.39, 0.29) is 11.6 Å². The molecule has 23 heavy (non-hydrogen) atoms. The third kappa shape index (κ3) is 5.06. The molecule has 0 fully saturated rings. The number of carbonyl (C=O) groups excluding carboxylic acids is 1. The molecule has 2 rings (SSSR count). The maximum absolute atomic E-state index is 12.0. The predicted molar refractivity (Wildman–Crippen MR) is 90.6 cm³/mol. The Bertz CT molecular complexity index is 662. The summed E-state index contributed by atoms with van der Waals surface area (Å²) < 4.78 is 4.93. The number of hydrogen-bond donors (Lipinski definition) is 2. The van der Waals surface area contributed by atoms with Crippen LogP contribution in [0.15, 0.2) is 30.6 Å². The van der Waals surface area contributed by atoms with Gasteiger partial charge in [-0.15, -0.1) is 0 Å². The highest BCUT2D eigenvalue weighted by atomic mass is 35.5. The molecule has 0 aliphatic rings. The summed E-state index contributed by atoms with van der Waals surface area (Å²) in [7, 11) is 1.62. The molecule has 8 heteroatoms. The van der Waals surface area contributed by atoms with E-state index in [1.54, 1.807) is 25.3 Å². The van der Waals surface area contributed by atoms with Crippen LogP contribution in [0.5, 0.6) is 0 Å². The van der Waals surface area contributed by atoms with Crippen molar-refractivity contribution in [3.05, 3.63) is 46.3 Å². The molecule has 0 aliphatic carbocycles. The molecule has 1 amide bonds. The Balaban J connectivity index is 2.06. The van der Waals surface area contributed by atoms with Gasteiger partial charge in [-0.1, -0.05) is 29.3 Å². The van der Waals surface area contributed by atoms with E-state index < -0.39 is 0 Å². The third-order valence-electron chi connectivity index (χ3n) is 2.93. The van der Waals surface area contributed by atoms with Gasteiger partial charge in [0, 0.05) is 26.3 Å². The van der Waals surface area contributed by atoms with Gasteiger partial charge in [0.05, 0.1) is 15.7 Å². The first kappa shape index (κ1) is 17.5. The number of nitrogens with zero attached hydrogens (tertiary/aromatic N) is 2. The minimum absolute atomic E-state index is 0.253. The first-order valence-corrected chi connectivity index (χ1v) is 7.67. The molecule has 0 radical (unpaired) electrons. The molecule has 1 heterocycles. The summed E-state index contributed by atoms with van der Waals surface area (Å²) in [4.78, 5) is 20.1. The first-order chi connectivity index (χ1) is 11.1. The number of rotatable bonds is 7. The number of para-hydroxylation sites is 1. The normalized spacial score (nSPS) is 10.4. The number of amides is 1. The van der Waals surface area contributed by atoms with Gasteiger partial charge < -0.3 is 15.4 Å². The molecule has 0 unspecified atom stereocenters. The van der Waals surface area contributed by atoms with Crippen LogP contribution < -0.4 is 10.6 Å². The lowest BCUT2D eigenvalue weighted by Gasteiger charge is -2.10. The van der Waals surface area contributed by atoms with Crippen molar-refractivity contribution < 1.29 is 9.53 Å². The van der Waals surface area contributed by atoms with Crippen LogP contribution in [-0.2, 0) is 4.74 Å². The van der Waals surface area contributed by atoms with Crippen LogP contribution in [0.3, 0.4) is 0 Å². The van der Waals surface area contributed by atoms with Gasteiger partial charge in [-0.3, -0.25) is 4.79 Å². The van der Waals surface area contributed by atoms with Crippen LogP contribution in [-0.4, -0.2) is 36.1 Å². The van der Waals surface area contributed by atoms with Crippen LogP contribution in [0.25, 0.3) is 0 Å². The summed E-state index contributed by atoms with van der Waals surface area (Å²) in [6.45, 7) is 1.09. The summed E-state index contributed by atoms with van der Waals surface area (Å²) in [6, 6.07) is 6.70. The van der Waals surface area contributed by atoms with E-state index in [4.69, 9.17) is 27.9 Å². The number of aromatic nitrogens is 2. The SMILES string of the molecule is COCCCNC(=O)c1cc(Nc2c(Cl)cccc2Cl)ncn1. The van der Waals surface area contributed by atoms with Gasteiger partial charge in [-0.25, -0.2) is 9.97 Å². The smallest absolute Gasteiger partial charge is 0.270 e. The quantitative estimate of drug-likeness (QED) is 0.746. The summed E-state index contributed by atoms with van der Waals surface area (Å²) in [5, 5.41) is 6.68. The number of benzene rings is 1.